The Kier molecular flexibility index (Phi) is 4.85. The van der Waals surface area contributed by atoms with Crippen LogP contribution in [0.3, 0.4) is 0 Å². The Bertz CT molecular complexity index is 363. The van der Waals surface area contributed by atoms with E-state index in [-0.39, 0.29) is 0 Å². The SMILES string of the molecule is CCc1ccc(CC2(CNCC(C)C)CCC2)s1. The highest BCUT2D eigenvalue weighted by molar-refractivity contribution is 7.11. The summed E-state index contributed by atoms with van der Waals surface area (Å²) in [4.78, 5) is 3.13. The molecule has 1 heterocycles. The lowest BCUT2D eigenvalue weighted by Crippen LogP contribution is -2.42. The fourth-order valence-electron chi connectivity index (χ4n) is 2.80. The van der Waals surface area contributed by atoms with E-state index in [0.717, 1.165) is 12.5 Å². The Morgan fingerprint density at radius 1 is 1.28 bits per heavy atom. The Morgan fingerprint density at radius 3 is 2.50 bits per heavy atom. The number of rotatable bonds is 7. The standard InChI is InChI=1S/C16H27NS/c1-4-14-6-7-15(18-14)10-16(8-5-9-16)12-17-11-13(2)3/h6-7,13,17H,4-5,8-12H2,1-3H3. The molecule has 1 nitrogen and oxygen atoms in total. The van der Waals surface area contributed by atoms with Crippen molar-refractivity contribution in [3.8, 4) is 0 Å². The summed E-state index contributed by atoms with van der Waals surface area (Å²) in [6.45, 7) is 9.19. The molecule has 2 rings (SSSR count). The molecule has 0 atom stereocenters. The zero-order valence-corrected chi connectivity index (χ0v) is 12.9. The zero-order valence-electron chi connectivity index (χ0n) is 12.1. The second-order valence-corrected chi connectivity index (χ2v) is 7.53. The summed E-state index contributed by atoms with van der Waals surface area (Å²) < 4.78 is 0. The smallest absolute Gasteiger partial charge is 0.00541 e. The van der Waals surface area contributed by atoms with Crippen molar-refractivity contribution in [3.63, 3.8) is 0 Å². The molecule has 2 heteroatoms. The van der Waals surface area contributed by atoms with E-state index in [1.54, 1.807) is 4.88 Å². The molecule has 1 aliphatic carbocycles. The van der Waals surface area contributed by atoms with E-state index in [1.165, 1.54) is 43.5 Å². The van der Waals surface area contributed by atoms with E-state index >= 15 is 0 Å². The molecule has 1 aromatic rings. The van der Waals surface area contributed by atoms with Gasteiger partial charge in [-0.1, -0.05) is 27.2 Å². The molecular formula is C16H27NS. The first kappa shape index (κ1) is 14.1. The van der Waals surface area contributed by atoms with E-state index < -0.39 is 0 Å². The van der Waals surface area contributed by atoms with Gasteiger partial charge in [-0.2, -0.15) is 0 Å². The van der Waals surface area contributed by atoms with Crippen molar-refractivity contribution in [3.05, 3.63) is 21.9 Å². The molecule has 0 bridgehead atoms. The summed E-state index contributed by atoms with van der Waals surface area (Å²) >= 11 is 2.02. The van der Waals surface area contributed by atoms with Crippen molar-refractivity contribution in [2.24, 2.45) is 11.3 Å². The summed E-state index contributed by atoms with van der Waals surface area (Å²) in [5.74, 6) is 0.760. The first-order valence-corrected chi connectivity index (χ1v) is 8.23. The van der Waals surface area contributed by atoms with Crippen molar-refractivity contribution >= 4 is 11.3 Å². The molecule has 0 unspecified atom stereocenters. The van der Waals surface area contributed by atoms with Crippen LogP contribution in [0.15, 0.2) is 12.1 Å². The Hall–Kier alpha value is -0.340. The van der Waals surface area contributed by atoms with E-state index in [1.807, 2.05) is 11.3 Å². The highest BCUT2D eigenvalue weighted by Crippen LogP contribution is 2.44. The van der Waals surface area contributed by atoms with Crippen LogP contribution in [0.1, 0.15) is 49.8 Å². The molecule has 1 fully saturated rings. The molecular weight excluding hydrogens is 238 g/mol. The minimum Gasteiger partial charge on any atom is -0.316 e. The van der Waals surface area contributed by atoms with Gasteiger partial charge < -0.3 is 5.32 Å². The third-order valence-corrected chi connectivity index (χ3v) is 5.31. The Balaban J connectivity index is 1.87. The van der Waals surface area contributed by atoms with E-state index in [9.17, 15) is 0 Å². The van der Waals surface area contributed by atoms with Crippen LogP contribution in [0.5, 0.6) is 0 Å². The minimum absolute atomic E-state index is 0.574. The number of thiophene rings is 1. The Morgan fingerprint density at radius 2 is 2.00 bits per heavy atom. The molecule has 0 radical (unpaired) electrons. The second-order valence-electron chi connectivity index (χ2n) is 6.28. The summed E-state index contributed by atoms with van der Waals surface area (Å²) in [7, 11) is 0. The maximum absolute atomic E-state index is 3.67. The zero-order chi connectivity index (χ0) is 13.0. The summed E-state index contributed by atoms with van der Waals surface area (Å²) in [5.41, 5.74) is 0.574. The van der Waals surface area contributed by atoms with Gasteiger partial charge in [-0.05, 0) is 55.7 Å². The van der Waals surface area contributed by atoms with Crippen LogP contribution in [0.25, 0.3) is 0 Å². The number of aryl methyl sites for hydroxylation is 1. The number of hydrogen-bond donors (Lipinski definition) is 1. The van der Waals surface area contributed by atoms with Crippen LogP contribution in [-0.2, 0) is 12.8 Å². The van der Waals surface area contributed by atoms with Crippen molar-refractivity contribution in [2.45, 2.75) is 52.9 Å². The maximum atomic E-state index is 3.67. The van der Waals surface area contributed by atoms with E-state index in [2.05, 4.69) is 38.2 Å². The van der Waals surface area contributed by atoms with Crippen LogP contribution < -0.4 is 5.32 Å². The molecule has 0 saturated heterocycles. The van der Waals surface area contributed by atoms with Crippen molar-refractivity contribution in [2.75, 3.05) is 13.1 Å². The number of nitrogens with one attached hydrogen (secondary N) is 1. The fourth-order valence-corrected chi connectivity index (χ4v) is 3.93. The minimum atomic E-state index is 0.574. The summed E-state index contributed by atoms with van der Waals surface area (Å²) in [5, 5.41) is 3.67. The first-order valence-electron chi connectivity index (χ1n) is 7.42. The van der Waals surface area contributed by atoms with Crippen molar-refractivity contribution in [1.29, 1.82) is 0 Å². The molecule has 1 aliphatic rings. The average Bonchev–Trinajstić information content (AvgIpc) is 2.72. The fraction of sp³-hybridized carbons (Fsp3) is 0.750. The quantitative estimate of drug-likeness (QED) is 0.776. The molecule has 102 valence electrons. The monoisotopic (exact) mass is 265 g/mol. The predicted octanol–water partition coefficient (Wildman–Crippen LogP) is 4.27. The van der Waals surface area contributed by atoms with Gasteiger partial charge in [-0.25, -0.2) is 0 Å². The van der Waals surface area contributed by atoms with Crippen LogP contribution >= 0.6 is 11.3 Å². The molecule has 0 aromatic carbocycles. The lowest BCUT2D eigenvalue weighted by Gasteiger charge is -2.42. The molecule has 0 spiro atoms. The van der Waals surface area contributed by atoms with Gasteiger partial charge in [0.2, 0.25) is 0 Å². The lowest BCUT2D eigenvalue weighted by molar-refractivity contribution is 0.130. The maximum Gasteiger partial charge on any atom is 0.00541 e. The third kappa shape index (κ3) is 3.58. The molecule has 18 heavy (non-hydrogen) atoms. The highest BCUT2D eigenvalue weighted by Gasteiger charge is 2.36. The molecule has 0 aliphatic heterocycles. The van der Waals surface area contributed by atoms with E-state index in [0.29, 0.717) is 5.41 Å². The van der Waals surface area contributed by atoms with Gasteiger partial charge in [-0.3, -0.25) is 0 Å². The van der Waals surface area contributed by atoms with Crippen LogP contribution in [0.2, 0.25) is 0 Å². The van der Waals surface area contributed by atoms with Gasteiger partial charge in [0, 0.05) is 16.3 Å². The molecule has 1 N–H and O–H groups in total. The summed E-state index contributed by atoms with van der Waals surface area (Å²) in [6, 6.07) is 4.67. The van der Waals surface area contributed by atoms with Crippen LogP contribution in [0, 0.1) is 11.3 Å². The lowest BCUT2D eigenvalue weighted by atomic mass is 9.66. The normalized spacial score (nSPS) is 18.0. The van der Waals surface area contributed by atoms with Crippen LogP contribution in [0.4, 0.5) is 0 Å². The molecule has 0 amide bonds. The molecule has 1 saturated carbocycles. The Labute approximate surface area is 116 Å². The van der Waals surface area contributed by atoms with Crippen molar-refractivity contribution in [1.82, 2.24) is 5.32 Å². The number of hydrogen-bond acceptors (Lipinski definition) is 2. The van der Waals surface area contributed by atoms with Crippen LogP contribution in [-0.4, -0.2) is 13.1 Å². The molecule has 1 aromatic heterocycles. The average molecular weight is 265 g/mol. The largest absolute Gasteiger partial charge is 0.316 e. The third-order valence-electron chi connectivity index (χ3n) is 4.08. The van der Waals surface area contributed by atoms with Gasteiger partial charge in [-0.15, -0.1) is 11.3 Å². The first-order chi connectivity index (χ1) is 8.63. The predicted molar refractivity (Wildman–Crippen MR) is 81.4 cm³/mol. The topological polar surface area (TPSA) is 12.0 Å². The highest BCUT2D eigenvalue weighted by atomic mass is 32.1. The summed E-state index contributed by atoms with van der Waals surface area (Å²) in [6.07, 6.45) is 6.73. The van der Waals surface area contributed by atoms with E-state index in [4.69, 9.17) is 0 Å². The van der Waals surface area contributed by atoms with Crippen molar-refractivity contribution < 1.29 is 0 Å². The van der Waals surface area contributed by atoms with Gasteiger partial charge in [0.1, 0.15) is 0 Å². The van der Waals surface area contributed by atoms with Gasteiger partial charge in [0.15, 0.2) is 0 Å². The second kappa shape index (κ2) is 6.21. The van der Waals surface area contributed by atoms with Gasteiger partial charge >= 0.3 is 0 Å². The van der Waals surface area contributed by atoms with Gasteiger partial charge in [0.05, 0.1) is 0 Å². The van der Waals surface area contributed by atoms with Gasteiger partial charge in [0.25, 0.3) is 0 Å².